The first kappa shape index (κ1) is 18.5. The van der Waals surface area contributed by atoms with E-state index in [4.69, 9.17) is 0 Å². The molecule has 2 fully saturated rings. The van der Waals surface area contributed by atoms with Crippen molar-refractivity contribution in [2.75, 3.05) is 16.4 Å². The lowest BCUT2D eigenvalue weighted by atomic mass is 10.0. The van der Waals surface area contributed by atoms with Crippen molar-refractivity contribution in [3.8, 4) is 0 Å². The predicted molar refractivity (Wildman–Crippen MR) is 104 cm³/mol. The third kappa shape index (κ3) is 3.62. The molecule has 0 saturated carbocycles. The van der Waals surface area contributed by atoms with Crippen LogP contribution >= 0.6 is 11.8 Å². The molecular weight excluding hydrogens is 356 g/mol. The molecule has 7 heteroatoms. The molecule has 2 aliphatic heterocycles. The Balaban J connectivity index is 2.09. The minimum absolute atomic E-state index is 0.0571. The zero-order valence-corrected chi connectivity index (χ0v) is 16.7. The van der Waals surface area contributed by atoms with Crippen molar-refractivity contribution in [1.82, 2.24) is 0 Å². The monoisotopic (exact) mass is 380 g/mol. The van der Waals surface area contributed by atoms with E-state index in [0.29, 0.717) is 11.6 Å². The van der Waals surface area contributed by atoms with Gasteiger partial charge in [-0.25, -0.2) is 8.42 Å². The van der Waals surface area contributed by atoms with Gasteiger partial charge in [0.15, 0.2) is 15.0 Å². The number of carbonyl (C=O) groups excluding carboxylic acids is 1. The number of thioether (sulfide) groups is 1. The van der Waals surface area contributed by atoms with E-state index in [1.165, 1.54) is 17.3 Å². The zero-order chi connectivity index (χ0) is 18.4. The molecule has 0 aliphatic carbocycles. The number of anilines is 1. The van der Waals surface area contributed by atoms with Crippen molar-refractivity contribution in [2.45, 2.75) is 51.8 Å². The van der Waals surface area contributed by atoms with Crippen LogP contribution in [0.3, 0.4) is 0 Å². The smallest absolute Gasteiger partial charge is 0.248 e. The standard InChI is InChI=1S/C18H24N2O3S2/c1-5-6-16(21)19-18-20(14-9-25(22,23)10-15(14)24-18)17-12(3)7-11(2)8-13(17)4/h7-8,14-15H,5-6,9-10H2,1-4H3/t14-,15-/m1/s1. The van der Waals surface area contributed by atoms with E-state index in [2.05, 4.69) is 17.1 Å². The van der Waals surface area contributed by atoms with Crippen LogP contribution in [0.15, 0.2) is 17.1 Å². The zero-order valence-electron chi connectivity index (χ0n) is 15.1. The second-order valence-electron chi connectivity index (χ2n) is 6.96. The first-order chi connectivity index (χ1) is 11.7. The highest BCUT2D eigenvalue weighted by molar-refractivity contribution is 8.16. The molecule has 2 heterocycles. The number of sulfone groups is 1. The van der Waals surface area contributed by atoms with Crippen molar-refractivity contribution in [1.29, 1.82) is 0 Å². The van der Waals surface area contributed by atoms with Crippen molar-refractivity contribution in [3.05, 3.63) is 28.8 Å². The van der Waals surface area contributed by atoms with Crippen LogP contribution in [0.2, 0.25) is 0 Å². The minimum atomic E-state index is -3.04. The average Bonchev–Trinajstić information content (AvgIpc) is 2.91. The van der Waals surface area contributed by atoms with Crippen LogP contribution in [-0.4, -0.2) is 42.3 Å². The fourth-order valence-electron chi connectivity index (χ4n) is 3.75. The Bertz CT molecular complexity index is 823. The summed E-state index contributed by atoms with van der Waals surface area (Å²) in [6.07, 6.45) is 1.17. The molecule has 0 radical (unpaired) electrons. The lowest BCUT2D eigenvalue weighted by Gasteiger charge is -2.28. The summed E-state index contributed by atoms with van der Waals surface area (Å²) in [6, 6.07) is 4.04. The van der Waals surface area contributed by atoms with Gasteiger partial charge in [-0.05, 0) is 38.3 Å². The number of aryl methyl sites for hydroxylation is 3. The summed E-state index contributed by atoms with van der Waals surface area (Å²) < 4.78 is 24.3. The highest BCUT2D eigenvalue weighted by Crippen LogP contribution is 2.43. The molecule has 2 aliphatic rings. The molecule has 1 aromatic carbocycles. The van der Waals surface area contributed by atoms with Crippen molar-refractivity contribution < 1.29 is 13.2 Å². The van der Waals surface area contributed by atoms with Gasteiger partial charge in [-0.3, -0.25) is 4.79 Å². The van der Waals surface area contributed by atoms with E-state index in [9.17, 15) is 13.2 Å². The van der Waals surface area contributed by atoms with Crippen LogP contribution in [0.25, 0.3) is 0 Å². The molecule has 5 nitrogen and oxygen atoms in total. The van der Waals surface area contributed by atoms with E-state index in [1.54, 1.807) is 0 Å². The molecule has 0 bridgehead atoms. The van der Waals surface area contributed by atoms with E-state index >= 15 is 0 Å². The summed E-state index contributed by atoms with van der Waals surface area (Å²) in [5.74, 6) is 0.141. The number of carbonyl (C=O) groups is 1. The van der Waals surface area contributed by atoms with E-state index in [0.717, 1.165) is 23.2 Å². The number of hydrogen-bond donors (Lipinski definition) is 0. The second kappa shape index (κ2) is 6.76. The second-order valence-corrected chi connectivity index (χ2v) is 10.3. The Morgan fingerprint density at radius 1 is 1.24 bits per heavy atom. The van der Waals surface area contributed by atoms with Crippen LogP contribution in [0.1, 0.15) is 36.5 Å². The molecule has 25 heavy (non-hydrogen) atoms. The van der Waals surface area contributed by atoms with Gasteiger partial charge < -0.3 is 4.90 Å². The van der Waals surface area contributed by atoms with Crippen molar-refractivity contribution in [2.24, 2.45) is 4.99 Å². The van der Waals surface area contributed by atoms with Gasteiger partial charge in [0.2, 0.25) is 5.91 Å². The van der Waals surface area contributed by atoms with Gasteiger partial charge in [0.25, 0.3) is 0 Å². The largest absolute Gasteiger partial charge is 0.315 e. The maximum Gasteiger partial charge on any atom is 0.248 e. The number of amides is 1. The third-order valence-electron chi connectivity index (χ3n) is 4.63. The maximum atomic E-state index is 12.1. The fourth-order valence-corrected chi connectivity index (χ4v) is 7.67. The number of nitrogens with zero attached hydrogens (tertiary/aromatic N) is 2. The summed E-state index contributed by atoms with van der Waals surface area (Å²) in [7, 11) is -3.04. The molecule has 0 unspecified atom stereocenters. The van der Waals surface area contributed by atoms with Crippen LogP contribution < -0.4 is 4.90 Å². The third-order valence-corrected chi connectivity index (χ3v) is 7.84. The van der Waals surface area contributed by atoms with E-state index in [-0.39, 0.29) is 28.7 Å². The van der Waals surface area contributed by atoms with E-state index < -0.39 is 9.84 Å². The van der Waals surface area contributed by atoms with Gasteiger partial charge in [0.05, 0.1) is 17.5 Å². The Kier molecular flexibility index (Phi) is 4.99. The molecule has 2 saturated heterocycles. The Morgan fingerprint density at radius 2 is 1.88 bits per heavy atom. The molecule has 136 valence electrons. The lowest BCUT2D eigenvalue weighted by molar-refractivity contribution is -0.117. The minimum Gasteiger partial charge on any atom is -0.315 e. The molecule has 3 rings (SSSR count). The SMILES string of the molecule is CCCC(=O)N=C1S[C@@H]2CS(=O)(=O)C[C@H]2N1c1c(C)cc(C)cc1C. The van der Waals surface area contributed by atoms with Gasteiger partial charge in [-0.2, -0.15) is 4.99 Å². The van der Waals surface area contributed by atoms with Gasteiger partial charge >= 0.3 is 0 Å². The quantitative estimate of drug-likeness (QED) is 0.806. The first-order valence-corrected chi connectivity index (χ1v) is 11.3. The summed E-state index contributed by atoms with van der Waals surface area (Å²) in [5.41, 5.74) is 4.32. The number of fused-ring (bicyclic) bond motifs is 1. The summed E-state index contributed by atoms with van der Waals surface area (Å²) >= 11 is 1.44. The average molecular weight is 381 g/mol. The molecule has 0 spiro atoms. The predicted octanol–water partition coefficient (Wildman–Crippen LogP) is 3.01. The van der Waals surface area contributed by atoms with E-state index in [1.807, 2.05) is 32.6 Å². The number of aliphatic imine (C=N–C) groups is 1. The van der Waals surface area contributed by atoms with Gasteiger partial charge in [-0.15, -0.1) is 0 Å². The first-order valence-electron chi connectivity index (χ1n) is 8.57. The molecule has 1 aromatic rings. The molecular formula is C18H24N2O3S2. The summed E-state index contributed by atoms with van der Waals surface area (Å²) in [5, 5.41) is 0.594. The summed E-state index contributed by atoms with van der Waals surface area (Å²) in [4.78, 5) is 18.4. The Hall–Kier alpha value is -1.34. The van der Waals surface area contributed by atoms with Gasteiger partial charge in [0.1, 0.15) is 0 Å². The van der Waals surface area contributed by atoms with Gasteiger partial charge in [0, 0.05) is 17.4 Å². The van der Waals surface area contributed by atoms with Crippen LogP contribution in [-0.2, 0) is 14.6 Å². The van der Waals surface area contributed by atoms with Crippen LogP contribution in [0, 0.1) is 20.8 Å². The molecule has 0 aromatic heterocycles. The number of benzene rings is 1. The number of hydrogen-bond acceptors (Lipinski definition) is 4. The number of amidine groups is 1. The fraction of sp³-hybridized carbons (Fsp3) is 0.556. The van der Waals surface area contributed by atoms with Crippen LogP contribution in [0.4, 0.5) is 5.69 Å². The maximum absolute atomic E-state index is 12.1. The summed E-state index contributed by atoms with van der Waals surface area (Å²) in [6.45, 7) is 8.06. The Morgan fingerprint density at radius 3 is 2.48 bits per heavy atom. The molecule has 1 amide bonds. The van der Waals surface area contributed by atoms with Crippen molar-refractivity contribution in [3.63, 3.8) is 0 Å². The highest BCUT2D eigenvalue weighted by Gasteiger charge is 2.49. The topological polar surface area (TPSA) is 66.8 Å². The van der Waals surface area contributed by atoms with Gasteiger partial charge in [-0.1, -0.05) is 36.4 Å². The van der Waals surface area contributed by atoms with Crippen LogP contribution in [0.5, 0.6) is 0 Å². The van der Waals surface area contributed by atoms with Crippen molar-refractivity contribution >= 4 is 38.4 Å². The molecule has 0 N–H and O–H groups in total. The Labute approximate surface area is 153 Å². The molecule has 2 atom stereocenters. The highest BCUT2D eigenvalue weighted by atomic mass is 32.2. The normalized spacial score (nSPS) is 26.2. The lowest BCUT2D eigenvalue weighted by Crippen LogP contribution is -2.38. The number of rotatable bonds is 3.